The Morgan fingerprint density at radius 2 is 1.86 bits per heavy atom. The van der Waals surface area contributed by atoms with E-state index in [1.165, 1.54) is 6.07 Å². The molecule has 0 atom stereocenters. The van der Waals surface area contributed by atoms with Gasteiger partial charge in [-0.15, -0.1) is 0 Å². The van der Waals surface area contributed by atoms with Crippen LogP contribution in [0.25, 0.3) is 0 Å². The predicted molar refractivity (Wildman–Crippen MR) is 82.3 cm³/mol. The molecule has 0 spiro atoms. The second-order valence-corrected chi connectivity index (χ2v) is 4.67. The summed E-state index contributed by atoms with van der Waals surface area (Å²) in [4.78, 5) is 10.4. The maximum Gasteiger partial charge on any atom is 0.358 e. The predicted octanol–water partition coefficient (Wildman–Crippen LogP) is 3.78. The van der Waals surface area contributed by atoms with Crippen molar-refractivity contribution in [1.82, 2.24) is 0 Å². The van der Waals surface area contributed by atoms with E-state index in [0.717, 1.165) is 5.56 Å². The van der Waals surface area contributed by atoms with Crippen molar-refractivity contribution in [2.75, 3.05) is 0 Å². The summed E-state index contributed by atoms with van der Waals surface area (Å²) in [6.45, 7) is 1.95. The van der Waals surface area contributed by atoms with Crippen molar-refractivity contribution in [3.8, 4) is 5.75 Å². The molecule has 0 heterocycles. The van der Waals surface area contributed by atoms with Crippen LogP contribution in [-0.4, -0.2) is 10.2 Å². The molecule has 0 saturated carbocycles. The van der Waals surface area contributed by atoms with Crippen LogP contribution >= 0.6 is 12.2 Å². The molecule has 0 aliphatic rings. The second kappa shape index (κ2) is 6.81. The topological polar surface area (TPSA) is 61.6 Å². The first-order valence-electron chi connectivity index (χ1n) is 6.20. The first-order valence-corrected chi connectivity index (χ1v) is 6.60. The van der Waals surface area contributed by atoms with E-state index in [1.54, 1.807) is 30.3 Å². The molecular formula is C15H13NO4S. The summed E-state index contributed by atoms with van der Waals surface area (Å²) in [5, 5.41) is 10.8. The molecule has 0 bridgehead atoms. The molecule has 0 radical (unpaired) electrons. The van der Waals surface area contributed by atoms with E-state index in [2.05, 4.69) is 0 Å². The first-order chi connectivity index (χ1) is 10.1. The third-order valence-corrected chi connectivity index (χ3v) is 2.96. The summed E-state index contributed by atoms with van der Waals surface area (Å²) in [6, 6.07) is 13.7. The van der Waals surface area contributed by atoms with E-state index in [4.69, 9.17) is 21.7 Å². The van der Waals surface area contributed by atoms with Crippen molar-refractivity contribution < 1.29 is 14.4 Å². The van der Waals surface area contributed by atoms with Gasteiger partial charge in [0, 0.05) is 18.3 Å². The Kier molecular flexibility index (Phi) is 4.84. The number of nitro groups is 1. The van der Waals surface area contributed by atoms with Gasteiger partial charge in [0.2, 0.25) is 0 Å². The Bertz CT molecular complexity index is 655. The largest absolute Gasteiger partial charge is 0.451 e. The van der Waals surface area contributed by atoms with E-state index in [0.29, 0.717) is 11.3 Å². The third-order valence-electron chi connectivity index (χ3n) is 2.76. The van der Waals surface area contributed by atoms with Crippen LogP contribution in [0.5, 0.6) is 5.75 Å². The van der Waals surface area contributed by atoms with Crippen LogP contribution < -0.4 is 4.74 Å². The smallest absolute Gasteiger partial charge is 0.358 e. The van der Waals surface area contributed by atoms with Crippen molar-refractivity contribution in [2.45, 2.75) is 13.5 Å². The van der Waals surface area contributed by atoms with Crippen LogP contribution in [0.15, 0.2) is 48.5 Å². The lowest BCUT2D eigenvalue weighted by Gasteiger charge is -2.09. The molecule has 0 aliphatic carbocycles. The van der Waals surface area contributed by atoms with Gasteiger partial charge in [0.25, 0.3) is 5.69 Å². The maximum atomic E-state index is 10.9. The van der Waals surface area contributed by atoms with E-state index in [9.17, 15) is 10.1 Å². The summed E-state index contributed by atoms with van der Waals surface area (Å²) < 4.78 is 10.6. The SMILES string of the molecule is Cc1ccc(OC(=S)OCc2ccccc2[N+](=O)[O-])cc1. The number of aryl methyl sites for hydroxylation is 1. The fraction of sp³-hybridized carbons (Fsp3) is 0.133. The highest BCUT2D eigenvalue weighted by Crippen LogP contribution is 2.19. The average Bonchev–Trinajstić information content (AvgIpc) is 2.48. The quantitative estimate of drug-likeness (QED) is 0.488. The van der Waals surface area contributed by atoms with E-state index in [1.807, 2.05) is 19.1 Å². The molecule has 0 unspecified atom stereocenters. The Hall–Kier alpha value is -2.47. The zero-order valence-corrected chi connectivity index (χ0v) is 12.1. The number of nitro benzene ring substituents is 1. The van der Waals surface area contributed by atoms with Gasteiger partial charge in [0.05, 0.1) is 10.5 Å². The number of hydrogen-bond acceptors (Lipinski definition) is 5. The highest BCUT2D eigenvalue weighted by atomic mass is 32.1. The molecule has 2 aromatic carbocycles. The lowest BCUT2D eigenvalue weighted by atomic mass is 10.2. The van der Waals surface area contributed by atoms with Crippen LogP contribution in [-0.2, 0) is 11.3 Å². The molecule has 0 N–H and O–H groups in total. The minimum Gasteiger partial charge on any atom is -0.451 e. The first kappa shape index (κ1) is 14.9. The van der Waals surface area contributed by atoms with Crippen molar-refractivity contribution >= 4 is 23.1 Å². The Labute approximate surface area is 127 Å². The molecule has 0 saturated heterocycles. The number of ether oxygens (including phenoxy) is 2. The number of thiocarbonyl (C=S) groups is 1. The number of hydrogen-bond donors (Lipinski definition) is 0. The molecule has 108 valence electrons. The Balaban J connectivity index is 1.95. The summed E-state index contributed by atoms with van der Waals surface area (Å²) in [5.41, 5.74) is 1.54. The van der Waals surface area contributed by atoms with E-state index >= 15 is 0 Å². The fourth-order valence-electron chi connectivity index (χ4n) is 1.68. The maximum absolute atomic E-state index is 10.9. The standard InChI is InChI=1S/C15H13NO4S/c1-11-6-8-13(9-7-11)20-15(21)19-10-12-4-2-3-5-14(12)16(17)18/h2-9H,10H2,1H3. The van der Waals surface area contributed by atoms with Crippen LogP contribution in [0, 0.1) is 17.0 Å². The van der Waals surface area contributed by atoms with Crippen LogP contribution in [0.2, 0.25) is 0 Å². The van der Waals surface area contributed by atoms with Gasteiger partial charge in [-0.05, 0) is 25.1 Å². The summed E-state index contributed by atoms with van der Waals surface area (Å²) in [5.74, 6) is 0.563. The summed E-state index contributed by atoms with van der Waals surface area (Å²) in [6.07, 6.45) is 0. The molecule has 5 nitrogen and oxygen atoms in total. The van der Waals surface area contributed by atoms with Gasteiger partial charge >= 0.3 is 5.24 Å². The molecule has 0 aromatic heterocycles. The molecular weight excluding hydrogens is 290 g/mol. The number of para-hydroxylation sites is 1. The Morgan fingerprint density at radius 1 is 1.19 bits per heavy atom. The third kappa shape index (κ3) is 4.25. The second-order valence-electron chi connectivity index (χ2n) is 4.34. The molecule has 2 aromatic rings. The summed E-state index contributed by atoms with van der Waals surface area (Å²) in [7, 11) is 0. The van der Waals surface area contributed by atoms with Gasteiger partial charge in [-0.1, -0.05) is 29.8 Å². The lowest BCUT2D eigenvalue weighted by Crippen LogP contribution is -2.10. The van der Waals surface area contributed by atoms with Gasteiger partial charge in [-0.2, -0.15) is 0 Å². The number of nitrogens with zero attached hydrogens (tertiary/aromatic N) is 1. The highest BCUT2D eigenvalue weighted by Gasteiger charge is 2.13. The van der Waals surface area contributed by atoms with Crippen LogP contribution in [0.4, 0.5) is 5.69 Å². The van der Waals surface area contributed by atoms with Crippen molar-refractivity contribution in [3.05, 3.63) is 69.8 Å². The van der Waals surface area contributed by atoms with Gasteiger partial charge in [0.1, 0.15) is 12.4 Å². The fourth-order valence-corrected chi connectivity index (χ4v) is 1.83. The van der Waals surface area contributed by atoms with E-state index < -0.39 is 4.92 Å². The van der Waals surface area contributed by atoms with Crippen LogP contribution in [0.3, 0.4) is 0 Å². The van der Waals surface area contributed by atoms with Gasteiger partial charge in [0.15, 0.2) is 0 Å². The zero-order chi connectivity index (χ0) is 15.2. The Morgan fingerprint density at radius 3 is 2.52 bits per heavy atom. The summed E-state index contributed by atoms with van der Waals surface area (Å²) >= 11 is 4.96. The van der Waals surface area contributed by atoms with E-state index in [-0.39, 0.29) is 17.5 Å². The minimum atomic E-state index is -0.456. The normalized spacial score (nSPS) is 9.95. The van der Waals surface area contributed by atoms with Crippen molar-refractivity contribution in [3.63, 3.8) is 0 Å². The minimum absolute atomic E-state index is 0.00404. The van der Waals surface area contributed by atoms with Gasteiger partial charge in [-0.3, -0.25) is 10.1 Å². The number of rotatable bonds is 4. The van der Waals surface area contributed by atoms with Crippen molar-refractivity contribution in [2.24, 2.45) is 0 Å². The molecule has 0 fully saturated rings. The van der Waals surface area contributed by atoms with Crippen LogP contribution in [0.1, 0.15) is 11.1 Å². The highest BCUT2D eigenvalue weighted by molar-refractivity contribution is 7.79. The number of benzene rings is 2. The zero-order valence-electron chi connectivity index (χ0n) is 11.3. The molecule has 6 heteroatoms. The lowest BCUT2D eigenvalue weighted by molar-refractivity contribution is -0.385. The monoisotopic (exact) mass is 303 g/mol. The molecule has 0 amide bonds. The van der Waals surface area contributed by atoms with Gasteiger partial charge in [-0.25, -0.2) is 0 Å². The average molecular weight is 303 g/mol. The van der Waals surface area contributed by atoms with Gasteiger partial charge < -0.3 is 9.47 Å². The molecule has 2 rings (SSSR count). The van der Waals surface area contributed by atoms with Crippen molar-refractivity contribution in [1.29, 1.82) is 0 Å². The molecule has 0 aliphatic heterocycles. The molecule has 21 heavy (non-hydrogen) atoms.